The number of ether oxygens (including phenoxy) is 1. The van der Waals surface area contributed by atoms with E-state index >= 15 is 0 Å². The highest BCUT2D eigenvalue weighted by Crippen LogP contribution is 2.25. The molecule has 6 nitrogen and oxygen atoms in total. The molecule has 1 fully saturated rings. The molecule has 1 aliphatic heterocycles. The lowest BCUT2D eigenvalue weighted by Crippen LogP contribution is -2.43. The van der Waals surface area contributed by atoms with Crippen molar-refractivity contribution < 1.29 is 14.3 Å². The molecule has 1 aliphatic rings. The Kier molecular flexibility index (Phi) is 6.58. The number of carbonyl (C=O) groups is 2. The fourth-order valence-electron chi connectivity index (χ4n) is 3.20. The average molecular weight is 388 g/mol. The minimum Gasteiger partial charge on any atom is -0.466 e. The molecule has 1 saturated heterocycles. The van der Waals surface area contributed by atoms with E-state index in [1.54, 1.807) is 0 Å². The van der Waals surface area contributed by atoms with Gasteiger partial charge >= 0.3 is 5.97 Å². The molecule has 1 amide bonds. The number of hydrogen-bond acceptors (Lipinski definition) is 6. The van der Waals surface area contributed by atoms with Crippen LogP contribution in [0.4, 0.5) is 5.13 Å². The highest BCUT2D eigenvalue weighted by atomic mass is 32.1. The first-order valence-electron chi connectivity index (χ1n) is 9.26. The van der Waals surface area contributed by atoms with Gasteiger partial charge in [-0.15, -0.1) is 11.3 Å². The van der Waals surface area contributed by atoms with E-state index in [0.717, 1.165) is 30.6 Å². The van der Waals surface area contributed by atoms with Gasteiger partial charge in [0.2, 0.25) is 5.91 Å². The van der Waals surface area contributed by atoms with Gasteiger partial charge in [0, 0.05) is 17.5 Å². The third-order valence-electron chi connectivity index (χ3n) is 4.59. The van der Waals surface area contributed by atoms with Crippen LogP contribution in [0.3, 0.4) is 0 Å². The lowest BCUT2D eigenvalue weighted by molar-refractivity contribution is -0.150. The van der Waals surface area contributed by atoms with E-state index in [9.17, 15) is 9.59 Å². The molecule has 144 valence electrons. The highest BCUT2D eigenvalue weighted by molar-refractivity contribution is 7.14. The number of hydrogen-bond donors (Lipinski definition) is 1. The second-order valence-corrected chi connectivity index (χ2v) is 7.64. The van der Waals surface area contributed by atoms with Crippen LogP contribution in [0.25, 0.3) is 11.3 Å². The minimum absolute atomic E-state index is 0.107. The quantitative estimate of drug-likeness (QED) is 0.770. The molecule has 7 heteroatoms. The van der Waals surface area contributed by atoms with Gasteiger partial charge < -0.3 is 10.1 Å². The van der Waals surface area contributed by atoms with Crippen molar-refractivity contribution >= 4 is 28.3 Å². The molecule has 27 heavy (non-hydrogen) atoms. The second-order valence-electron chi connectivity index (χ2n) is 6.78. The van der Waals surface area contributed by atoms with E-state index in [1.165, 1.54) is 16.9 Å². The van der Waals surface area contributed by atoms with Crippen molar-refractivity contribution in [1.29, 1.82) is 0 Å². The summed E-state index contributed by atoms with van der Waals surface area (Å²) in [5, 5.41) is 5.41. The minimum atomic E-state index is -0.162. The summed E-state index contributed by atoms with van der Waals surface area (Å²) in [6, 6.07) is 8.14. The molecule has 3 rings (SSSR count). The van der Waals surface area contributed by atoms with Gasteiger partial charge in [-0.05, 0) is 33.2 Å². The van der Waals surface area contributed by atoms with Crippen molar-refractivity contribution in [1.82, 2.24) is 9.88 Å². The third-order valence-corrected chi connectivity index (χ3v) is 5.35. The number of benzene rings is 1. The molecule has 1 N–H and O–H groups in total. The molecule has 1 atom stereocenters. The van der Waals surface area contributed by atoms with E-state index in [-0.39, 0.29) is 24.3 Å². The van der Waals surface area contributed by atoms with Gasteiger partial charge in [-0.2, -0.15) is 0 Å². The van der Waals surface area contributed by atoms with Crippen LogP contribution in [0, 0.1) is 12.8 Å². The Morgan fingerprint density at radius 2 is 2.11 bits per heavy atom. The van der Waals surface area contributed by atoms with Crippen molar-refractivity contribution in [3.05, 3.63) is 35.2 Å². The highest BCUT2D eigenvalue weighted by Gasteiger charge is 2.27. The summed E-state index contributed by atoms with van der Waals surface area (Å²) in [4.78, 5) is 30.8. The fraction of sp³-hybridized carbons (Fsp3) is 0.450. The summed E-state index contributed by atoms with van der Waals surface area (Å²) in [6.07, 6.45) is 1.72. The van der Waals surface area contributed by atoms with Gasteiger partial charge in [0.05, 0.1) is 24.8 Å². The molecule has 0 aliphatic carbocycles. The number of rotatable bonds is 6. The maximum absolute atomic E-state index is 12.4. The average Bonchev–Trinajstić information content (AvgIpc) is 3.11. The fourth-order valence-corrected chi connectivity index (χ4v) is 3.94. The number of likely N-dealkylation sites (tertiary alicyclic amines) is 1. The number of piperidine rings is 1. The van der Waals surface area contributed by atoms with Crippen LogP contribution < -0.4 is 5.32 Å². The van der Waals surface area contributed by atoms with Crippen molar-refractivity contribution in [2.75, 3.05) is 31.6 Å². The van der Waals surface area contributed by atoms with Gasteiger partial charge in [0.1, 0.15) is 0 Å². The monoisotopic (exact) mass is 387 g/mol. The topological polar surface area (TPSA) is 71.5 Å². The Hall–Kier alpha value is -2.25. The van der Waals surface area contributed by atoms with Crippen LogP contribution >= 0.6 is 11.3 Å². The van der Waals surface area contributed by atoms with Gasteiger partial charge in [0.15, 0.2) is 5.13 Å². The first-order chi connectivity index (χ1) is 13.0. The van der Waals surface area contributed by atoms with Crippen molar-refractivity contribution in [2.24, 2.45) is 5.92 Å². The SMILES string of the molecule is CCOC(=O)C1CCCN(CC(=O)Nc2nc(-c3ccc(C)cc3)cs2)C1. The van der Waals surface area contributed by atoms with E-state index in [0.29, 0.717) is 18.3 Å². The maximum atomic E-state index is 12.4. The Morgan fingerprint density at radius 3 is 2.85 bits per heavy atom. The largest absolute Gasteiger partial charge is 0.466 e. The number of amides is 1. The molecule has 2 heterocycles. The zero-order valence-electron chi connectivity index (χ0n) is 15.7. The molecule has 0 saturated carbocycles. The summed E-state index contributed by atoms with van der Waals surface area (Å²) in [6.45, 7) is 5.89. The van der Waals surface area contributed by atoms with Crippen LogP contribution in [0.2, 0.25) is 0 Å². The van der Waals surface area contributed by atoms with Crippen molar-refractivity contribution in [2.45, 2.75) is 26.7 Å². The number of anilines is 1. The maximum Gasteiger partial charge on any atom is 0.310 e. The van der Waals surface area contributed by atoms with Crippen LogP contribution in [-0.2, 0) is 14.3 Å². The molecule has 0 radical (unpaired) electrons. The van der Waals surface area contributed by atoms with E-state index < -0.39 is 0 Å². The summed E-state index contributed by atoms with van der Waals surface area (Å²) in [5.41, 5.74) is 3.09. The number of carbonyl (C=O) groups excluding carboxylic acids is 2. The summed E-state index contributed by atoms with van der Waals surface area (Å²) in [7, 11) is 0. The number of nitrogens with zero attached hydrogens (tertiary/aromatic N) is 2. The number of aryl methyl sites for hydroxylation is 1. The number of thiazole rings is 1. The standard InChI is InChI=1S/C20H25N3O3S/c1-3-26-19(25)16-5-4-10-23(11-16)12-18(24)22-20-21-17(13-27-20)15-8-6-14(2)7-9-15/h6-9,13,16H,3-5,10-12H2,1-2H3,(H,21,22,24). The molecular formula is C20H25N3O3S. The lowest BCUT2D eigenvalue weighted by Gasteiger charge is -2.30. The van der Waals surface area contributed by atoms with Gasteiger partial charge in [0.25, 0.3) is 0 Å². The predicted octanol–water partition coefficient (Wildman–Crippen LogP) is 3.33. The molecule has 1 aromatic heterocycles. The number of esters is 1. The molecule has 0 spiro atoms. The summed E-state index contributed by atoms with van der Waals surface area (Å²) >= 11 is 1.42. The first kappa shape index (κ1) is 19.5. The number of aromatic nitrogens is 1. The molecular weight excluding hydrogens is 362 g/mol. The van der Waals surface area contributed by atoms with Gasteiger partial charge in [-0.3, -0.25) is 14.5 Å². The molecule has 1 aromatic carbocycles. The second kappa shape index (κ2) is 9.10. The van der Waals surface area contributed by atoms with Crippen LogP contribution in [-0.4, -0.2) is 48.0 Å². The smallest absolute Gasteiger partial charge is 0.310 e. The van der Waals surface area contributed by atoms with Crippen molar-refractivity contribution in [3.8, 4) is 11.3 Å². The van der Waals surface area contributed by atoms with Gasteiger partial charge in [-0.1, -0.05) is 29.8 Å². The van der Waals surface area contributed by atoms with Crippen LogP contribution in [0.5, 0.6) is 0 Å². The summed E-state index contributed by atoms with van der Waals surface area (Å²) < 4.78 is 5.11. The van der Waals surface area contributed by atoms with E-state index in [4.69, 9.17) is 4.74 Å². The molecule has 1 unspecified atom stereocenters. The zero-order valence-corrected chi connectivity index (χ0v) is 16.6. The lowest BCUT2D eigenvalue weighted by atomic mass is 9.98. The van der Waals surface area contributed by atoms with Crippen LogP contribution in [0.15, 0.2) is 29.6 Å². The number of nitrogens with one attached hydrogen (secondary N) is 1. The molecule has 2 aromatic rings. The van der Waals surface area contributed by atoms with E-state index in [2.05, 4.69) is 10.3 Å². The first-order valence-corrected chi connectivity index (χ1v) is 10.1. The van der Waals surface area contributed by atoms with Crippen LogP contribution in [0.1, 0.15) is 25.3 Å². The zero-order chi connectivity index (χ0) is 19.2. The third kappa shape index (κ3) is 5.37. The molecule has 0 bridgehead atoms. The van der Waals surface area contributed by atoms with Crippen molar-refractivity contribution in [3.63, 3.8) is 0 Å². The Bertz CT molecular complexity index is 788. The van der Waals surface area contributed by atoms with Gasteiger partial charge in [-0.25, -0.2) is 4.98 Å². The predicted molar refractivity (Wildman–Crippen MR) is 107 cm³/mol. The Morgan fingerprint density at radius 1 is 1.33 bits per heavy atom. The van der Waals surface area contributed by atoms with E-state index in [1.807, 2.05) is 48.4 Å². The normalized spacial score (nSPS) is 17.5. The summed E-state index contributed by atoms with van der Waals surface area (Å²) in [5.74, 6) is -0.408. The Balaban J connectivity index is 1.53. The Labute approximate surface area is 163 Å².